The molecule has 0 bridgehead atoms. The smallest absolute Gasteiger partial charge is 0.326 e. The Kier molecular flexibility index (Phi) is 4.28. The van der Waals surface area contributed by atoms with Crippen molar-refractivity contribution in [1.29, 1.82) is 0 Å². The number of likely N-dealkylation sites (tertiary alicyclic amines) is 1. The van der Waals surface area contributed by atoms with Gasteiger partial charge in [0.25, 0.3) is 11.8 Å². The zero-order chi connectivity index (χ0) is 17.1. The number of aromatic amines is 1. The Morgan fingerprint density at radius 3 is 2.58 bits per heavy atom. The third-order valence-corrected chi connectivity index (χ3v) is 3.95. The van der Waals surface area contributed by atoms with Crippen molar-refractivity contribution in [3.63, 3.8) is 0 Å². The molecule has 3 N–H and O–H groups in total. The number of H-pyrrole nitrogens is 1. The summed E-state index contributed by atoms with van der Waals surface area (Å²) < 4.78 is 0. The van der Waals surface area contributed by atoms with Gasteiger partial charge < -0.3 is 15.3 Å². The normalized spacial score (nSPS) is 19.9. The molecule has 1 fully saturated rings. The second kappa shape index (κ2) is 6.53. The van der Waals surface area contributed by atoms with Gasteiger partial charge >= 0.3 is 5.97 Å². The van der Waals surface area contributed by atoms with Gasteiger partial charge in [-0.15, -0.1) is 0 Å². The van der Waals surface area contributed by atoms with Crippen LogP contribution >= 0.6 is 0 Å². The number of hydrogen-bond acceptors (Lipinski definition) is 4. The SMILES string of the molecule is O=C(N[C@@H]1C[C@@H](C(=O)O)N(C(=O)c2ccn[nH]2)C1)c1ccccc1. The Morgan fingerprint density at radius 1 is 1.21 bits per heavy atom. The molecular weight excluding hydrogens is 312 g/mol. The standard InChI is InChI=1S/C16H16N4O4/c21-14(10-4-2-1-3-5-10)18-11-8-13(16(23)24)20(9-11)15(22)12-6-7-17-19-12/h1-7,11,13H,8-9H2,(H,17,19)(H,18,21)(H,23,24)/t11-,13+/m1/s1. The second-order valence-corrected chi connectivity index (χ2v) is 5.55. The second-order valence-electron chi connectivity index (χ2n) is 5.55. The molecule has 8 heteroatoms. The summed E-state index contributed by atoms with van der Waals surface area (Å²) in [6, 6.07) is 8.72. The number of carbonyl (C=O) groups excluding carboxylic acids is 2. The minimum Gasteiger partial charge on any atom is -0.480 e. The fourth-order valence-electron chi connectivity index (χ4n) is 2.79. The summed E-state index contributed by atoms with van der Waals surface area (Å²) in [6.45, 7) is 0.132. The molecule has 0 aliphatic carbocycles. The summed E-state index contributed by atoms with van der Waals surface area (Å²) in [6.07, 6.45) is 1.58. The minimum atomic E-state index is -1.10. The summed E-state index contributed by atoms with van der Waals surface area (Å²) in [4.78, 5) is 37.3. The fourth-order valence-corrected chi connectivity index (χ4v) is 2.79. The Morgan fingerprint density at radius 2 is 1.96 bits per heavy atom. The molecule has 2 amide bonds. The summed E-state index contributed by atoms with van der Waals surface area (Å²) in [7, 11) is 0. The van der Waals surface area contributed by atoms with Crippen LogP contribution < -0.4 is 5.32 Å². The highest BCUT2D eigenvalue weighted by molar-refractivity contribution is 5.96. The highest BCUT2D eigenvalue weighted by atomic mass is 16.4. The van der Waals surface area contributed by atoms with Gasteiger partial charge in [0.2, 0.25) is 0 Å². The average molecular weight is 328 g/mol. The van der Waals surface area contributed by atoms with Crippen molar-refractivity contribution in [2.45, 2.75) is 18.5 Å². The van der Waals surface area contributed by atoms with Crippen LogP contribution in [-0.4, -0.2) is 56.6 Å². The molecule has 3 rings (SSSR count). The lowest BCUT2D eigenvalue weighted by atomic mass is 10.1. The first-order chi connectivity index (χ1) is 11.6. The van der Waals surface area contributed by atoms with Gasteiger partial charge in [-0.05, 0) is 18.2 Å². The van der Waals surface area contributed by atoms with Crippen molar-refractivity contribution in [1.82, 2.24) is 20.4 Å². The van der Waals surface area contributed by atoms with Crippen LogP contribution in [0.3, 0.4) is 0 Å². The zero-order valence-electron chi connectivity index (χ0n) is 12.7. The highest BCUT2D eigenvalue weighted by Gasteiger charge is 2.40. The molecule has 0 radical (unpaired) electrons. The largest absolute Gasteiger partial charge is 0.480 e. The van der Waals surface area contributed by atoms with Crippen LogP contribution in [0.2, 0.25) is 0 Å². The molecule has 0 unspecified atom stereocenters. The van der Waals surface area contributed by atoms with Gasteiger partial charge in [-0.3, -0.25) is 14.7 Å². The molecule has 24 heavy (non-hydrogen) atoms. The maximum atomic E-state index is 12.4. The number of aromatic nitrogens is 2. The van der Waals surface area contributed by atoms with E-state index in [0.29, 0.717) is 5.56 Å². The lowest BCUT2D eigenvalue weighted by molar-refractivity contribution is -0.141. The number of nitrogens with zero attached hydrogens (tertiary/aromatic N) is 2. The van der Waals surface area contributed by atoms with E-state index in [2.05, 4.69) is 15.5 Å². The van der Waals surface area contributed by atoms with E-state index in [1.165, 1.54) is 17.2 Å². The number of hydrogen-bond donors (Lipinski definition) is 3. The third-order valence-electron chi connectivity index (χ3n) is 3.95. The molecule has 2 aromatic rings. The number of nitrogens with one attached hydrogen (secondary N) is 2. The summed E-state index contributed by atoms with van der Waals surface area (Å²) in [5.74, 6) is -1.84. The van der Waals surface area contributed by atoms with E-state index in [0.717, 1.165) is 0 Å². The van der Waals surface area contributed by atoms with Gasteiger partial charge in [-0.1, -0.05) is 18.2 Å². The molecule has 8 nitrogen and oxygen atoms in total. The number of benzene rings is 1. The topological polar surface area (TPSA) is 115 Å². The Bertz CT molecular complexity index is 745. The van der Waals surface area contributed by atoms with E-state index in [4.69, 9.17) is 0 Å². The summed E-state index contributed by atoms with van der Waals surface area (Å²) in [5, 5.41) is 18.4. The van der Waals surface area contributed by atoms with Gasteiger partial charge in [0.05, 0.1) is 0 Å². The van der Waals surface area contributed by atoms with Crippen LogP contribution in [0.25, 0.3) is 0 Å². The van der Waals surface area contributed by atoms with Crippen molar-refractivity contribution >= 4 is 17.8 Å². The number of rotatable bonds is 4. The third kappa shape index (κ3) is 3.12. The Balaban J connectivity index is 1.72. The maximum absolute atomic E-state index is 12.4. The van der Waals surface area contributed by atoms with Crippen molar-refractivity contribution in [2.24, 2.45) is 0 Å². The van der Waals surface area contributed by atoms with Gasteiger partial charge in [0.15, 0.2) is 0 Å². The van der Waals surface area contributed by atoms with Crippen LogP contribution in [0.15, 0.2) is 42.6 Å². The van der Waals surface area contributed by atoms with E-state index in [-0.39, 0.29) is 24.6 Å². The quantitative estimate of drug-likeness (QED) is 0.756. The monoisotopic (exact) mass is 328 g/mol. The molecule has 0 saturated carbocycles. The molecule has 124 valence electrons. The molecule has 1 saturated heterocycles. The Hall–Kier alpha value is -3.16. The lowest BCUT2D eigenvalue weighted by Crippen LogP contribution is -2.41. The molecule has 1 aliphatic heterocycles. The molecule has 0 spiro atoms. The Labute approximate surface area is 137 Å². The van der Waals surface area contributed by atoms with Gasteiger partial charge in [-0.25, -0.2) is 4.79 Å². The van der Waals surface area contributed by atoms with Crippen LogP contribution in [0.1, 0.15) is 27.3 Å². The van der Waals surface area contributed by atoms with Gasteiger partial charge in [-0.2, -0.15) is 5.10 Å². The van der Waals surface area contributed by atoms with E-state index >= 15 is 0 Å². The number of amides is 2. The molecule has 2 heterocycles. The maximum Gasteiger partial charge on any atom is 0.326 e. The lowest BCUT2D eigenvalue weighted by Gasteiger charge is -2.20. The van der Waals surface area contributed by atoms with E-state index < -0.39 is 24.0 Å². The van der Waals surface area contributed by atoms with E-state index in [9.17, 15) is 19.5 Å². The summed E-state index contributed by atoms with van der Waals surface area (Å²) >= 11 is 0. The molecule has 1 aromatic heterocycles. The predicted molar refractivity (Wildman–Crippen MR) is 83.4 cm³/mol. The first kappa shape index (κ1) is 15.7. The first-order valence-electron chi connectivity index (χ1n) is 7.45. The molecule has 1 aliphatic rings. The van der Waals surface area contributed by atoms with Crippen LogP contribution in [0.5, 0.6) is 0 Å². The first-order valence-corrected chi connectivity index (χ1v) is 7.45. The van der Waals surface area contributed by atoms with Crippen molar-refractivity contribution in [2.75, 3.05) is 6.54 Å². The molecular formula is C16H16N4O4. The zero-order valence-corrected chi connectivity index (χ0v) is 12.7. The van der Waals surface area contributed by atoms with Crippen LogP contribution in [-0.2, 0) is 4.79 Å². The average Bonchev–Trinajstić information content (AvgIpc) is 3.25. The molecule has 1 aromatic carbocycles. The highest BCUT2D eigenvalue weighted by Crippen LogP contribution is 2.21. The predicted octanol–water partition coefficient (Wildman–Crippen LogP) is 0.507. The molecule has 2 atom stereocenters. The van der Waals surface area contributed by atoms with E-state index in [1.54, 1.807) is 30.3 Å². The fraction of sp³-hybridized carbons (Fsp3) is 0.250. The van der Waals surface area contributed by atoms with Crippen molar-refractivity contribution in [3.05, 3.63) is 53.9 Å². The van der Waals surface area contributed by atoms with Gasteiger partial charge in [0, 0.05) is 30.8 Å². The van der Waals surface area contributed by atoms with Crippen LogP contribution in [0, 0.1) is 0 Å². The van der Waals surface area contributed by atoms with Crippen molar-refractivity contribution < 1.29 is 19.5 Å². The minimum absolute atomic E-state index is 0.132. The van der Waals surface area contributed by atoms with Crippen LogP contribution in [0.4, 0.5) is 0 Å². The van der Waals surface area contributed by atoms with Gasteiger partial charge in [0.1, 0.15) is 11.7 Å². The number of carbonyl (C=O) groups is 3. The van der Waals surface area contributed by atoms with Crippen molar-refractivity contribution in [3.8, 4) is 0 Å². The number of carboxylic acid groups (broad SMARTS) is 1. The summed E-state index contributed by atoms with van der Waals surface area (Å²) in [5.41, 5.74) is 0.707. The number of carboxylic acids is 1. The number of aliphatic carboxylic acids is 1. The van der Waals surface area contributed by atoms with E-state index in [1.807, 2.05) is 0 Å².